The number of aryl methyl sites for hydroxylation is 2. The lowest BCUT2D eigenvalue weighted by atomic mass is 10.0. The van der Waals surface area contributed by atoms with Crippen LogP contribution in [-0.2, 0) is 11.0 Å². The van der Waals surface area contributed by atoms with E-state index in [1.807, 2.05) is 32.0 Å². The van der Waals surface area contributed by atoms with Crippen molar-refractivity contribution in [2.24, 2.45) is 0 Å². The number of halogens is 3. The molecule has 0 spiro atoms. The summed E-state index contributed by atoms with van der Waals surface area (Å²) in [5.74, 6) is -0.235. The fourth-order valence-electron chi connectivity index (χ4n) is 2.77. The highest BCUT2D eigenvalue weighted by molar-refractivity contribution is 5.95. The second-order valence-electron chi connectivity index (χ2n) is 6.49. The lowest BCUT2D eigenvalue weighted by Gasteiger charge is -2.21. The Morgan fingerprint density at radius 2 is 1.58 bits per heavy atom. The van der Waals surface area contributed by atoms with Crippen LogP contribution in [0, 0.1) is 13.8 Å². The van der Waals surface area contributed by atoms with Crippen LogP contribution in [0.2, 0.25) is 0 Å². The van der Waals surface area contributed by atoms with Crippen LogP contribution in [0.1, 0.15) is 42.1 Å². The minimum Gasteiger partial charge on any atom is -0.324 e. The third-order valence-corrected chi connectivity index (χ3v) is 4.34. The summed E-state index contributed by atoms with van der Waals surface area (Å²) in [5, 5.41) is 5.94. The van der Waals surface area contributed by atoms with Crippen molar-refractivity contribution >= 4 is 11.6 Å². The van der Waals surface area contributed by atoms with Crippen LogP contribution in [0.3, 0.4) is 0 Å². The molecule has 0 aliphatic carbocycles. The molecule has 0 aliphatic rings. The zero-order valence-corrected chi connectivity index (χ0v) is 15.2. The first-order chi connectivity index (χ1) is 12.1. The first-order valence-electron chi connectivity index (χ1n) is 8.40. The molecule has 1 amide bonds. The van der Waals surface area contributed by atoms with Gasteiger partial charge in [-0.2, -0.15) is 13.2 Å². The van der Waals surface area contributed by atoms with Crippen molar-refractivity contribution in [1.82, 2.24) is 5.32 Å². The molecule has 2 aromatic carbocycles. The molecule has 0 radical (unpaired) electrons. The zero-order chi connectivity index (χ0) is 19.5. The highest BCUT2D eigenvalue weighted by Crippen LogP contribution is 2.30. The molecule has 0 aromatic heterocycles. The number of hydrogen-bond acceptors (Lipinski definition) is 2. The zero-order valence-electron chi connectivity index (χ0n) is 15.2. The third kappa shape index (κ3) is 4.85. The third-order valence-electron chi connectivity index (χ3n) is 4.34. The fraction of sp³-hybridized carbons (Fsp3) is 0.350. The molecule has 0 saturated carbocycles. The van der Waals surface area contributed by atoms with Crippen molar-refractivity contribution in [3.05, 3.63) is 64.7 Å². The Labute approximate surface area is 151 Å². The molecule has 0 bridgehead atoms. The Kier molecular flexibility index (Phi) is 6.08. The number of hydrogen-bond donors (Lipinski definition) is 2. The first kappa shape index (κ1) is 20.0. The maximum Gasteiger partial charge on any atom is 0.416 e. The van der Waals surface area contributed by atoms with Crippen molar-refractivity contribution in [3.8, 4) is 0 Å². The van der Waals surface area contributed by atoms with Crippen LogP contribution in [0.4, 0.5) is 18.9 Å². The summed E-state index contributed by atoms with van der Waals surface area (Å²) in [5.41, 5.74) is 2.45. The van der Waals surface area contributed by atoms with Crippen LogP contribution >= 0.6 is 0 Å². The average Bonchev–Trinajstić information content (AvgIpc) is 2.57. The molecular weight excluding hydrogens is 341 g/mol. The number of para-hydroxylation sites is 1. The standard InChI is InChI=1S/C20H23F3N2O/c1-12-7-5-8-13(2)18(12)25-19(26)15(4)24-14(3)16-9-6-10-17(11-16)20(21,22)23/h5-11,14-15,24H,1-4H3,(H,25,26)/t14-,15-/m0/s1. The van der Waals surface area contributed by atoms with Gasteiger partial charge in [0.05, 0.1) is 11.6 Å². The minimum atomic E-state index is -4.39. The Bertz CT molecular complexity index is 767. The fourth-order valence-corrected chi connectivity index (χ4v) is 2.77. The molecule has 2 rings (SSSR count). The quantitative estimate of drug-likeness (QED) is 0.784. The number of benzene rings is 2. The van der Waals surface area contributed by atoms with Gasteiger partial charge in [-0.1, -0.05) is 30.3 Å². The maximum atomic E-state index is 12.9. The van der Waals surface area contributed by atoms with Gasteiger partial charge in [-0.05, 0) is 56.5 Å². The molecule has 0 unspecified atom stereocenters. The molecule has 2 aromatic rings. The van der Waals surface area contributed by atoms with Gasteiger partial charge in [0.15, 0.2) is 0 Å². The monoisotopic (exact) mass is 364 g/mol. The summed E-state index contributed by atoms with van der Waals surface area (Å²) in [7, 11) is 0. The Morgan fingerprint density at radius 3 is 2.15 bits per heavy atom. The number of carbonyl (C=O) groups is 1. The Balaban J connectivity index is 2.07. The number of alkyl halides is 3. The van der Waals surface area contributed by atoms with Crippen LogP contribution in [-0.4, -0.2) is 11.9 Å². The highest BCUT2D eigenvalue weighted by Gasteiger charge is 2.30. The van der Waals surface area contributed by atoms with E-state index in [9.17, 15) is 18.0 Å². The predicted octanol–water partition coefficient (Wildman–Crippen LogP) is 5.00. The lowest BCUT2D eigenvalue weighted by molar-refractivity contribution is -0.137. The maximum absolute atomic E-state index is 12.9. The molecule has 2 N–H and O–H groups in total. The normalized spacial score (nSPS) is 14.0. The van der Waals surface area contributed by atoms with Crippen molar-refractivity contribution in [3.63, 3.8) is 0 Å². The molecule has 2 atom stereocenters. The summed E-state index contributed by atoms with van der Waals surface area (Å²) >= 11 is 0. The smallest absolute Gasteiger partial charge is 0.324 e. The van der Waals surface area contributed by atoms with Gasteiger partial charge in [0, 0.05) is 11.7 Å². The van der Waals surface area contributed by atoms with Gasteiger partial charge in [0.25, 0.3) is 0 Å². The molecule has 6 heteroatoms. The summed E-state index contributed by atoms with van der Waals surface area (Å²) in [6, 6.07) is 9.88. The van der Waals surface area contributed by atoms with Crippen molar-refractivity contribution in [2.45, 2.75) is 46.0 Å². The SMILES string of the molecule is Cc1cccc(C)c1NC(=O)[C@H](C)N[C@@H](C)c1cccc(C(F)(F)F)c1. The first-order valence-corrected chi connectivity index (χ1v) is 8.40. The summed E-state index contributed by atoms with van der Waals surface area (Å²) in [6.45, 7) is 7.24. The van der Waals surface area contributed by atoms with E-state index in [0.29, 0.717) is 5.56 Å². The van der Waals surface area contributed by atoms with E-state index < -0.39 is 23.8 Å². The number of amides is 1. The van der Waals surface area contributed by atoms with Crippen LogP contribution in [0.15, 0.2) is 42.5 Å². The van der Waals surface area contributed by atoms with Gasteiger partial charge < -0.3 is 5.32 Å². The van der Waals surface area contributed by atoms with Crippen LogP contribution in [0.5, 0.6) is 0 Å². The summed E-state index contributed by atoms with van der Waals surface area (Å²) in [4.78, 5) is 12.5. The van der Waals surface area contributed by atoms with Gasteiger partial charge >= 0.3 is 6.18 Å². The average molecular weight is 364 g/mol. The van der Waals surface area contributed by atoms with E-state index in [0.717, 1.165) is 28.9 Å². The van der Waals surface area contributed by atoms with Crippen molar-refractivity contribution in [2.75, 3.05) is 5.32 Å². The van der Waals surface area contributed by atoms with Crippen LogP contribution in [0.25, 0.3) is 0 Å². The molecule has 140 valence electrons. The number of anilines is 1. The van der Waals surface area contributed by atoms with E-state index in [1.54, 1.807) is 19.9 Å². The van der Waals surface area contributed by atoms with Gasteiger partial charge in [-0.15, -0.1) is 0 Å². The van der Waals surface area contributed by atoms with Gasteiger partial charge in [0.1, 0.15) is 0 Å². The summed E-state index contributed by atoms with van der Waals surface area (Å²) < 4.78 is 38.6. The molecule has 3 nitrogen and oxygen atoms in total. The second-order valence-corrected chi connectivity index (χ2v) is 6.49. The van der Waals surface area contributed by atoms with E-state index in [4.69, 9.17) is 0 Å². The molecule has 26 heavy (non-hydrogen) atoms. The molecule has 0 aliphatic heterocycles. The molecular formula is C20H23F3N2O. The topological polar surface area (TPSA) is 41.1 Å². The van der Waals surface area contributed by atoms with Gasteiger partial charge in [0.2, 0.25) is 5.91 Å². The van der Waals surface area contributed by atoms with Crippen molar-refractivity contribution < 1.29 is 18.0 Å². The summed E-state index contributed by atoms with van der Waals surface area (Å²) in [6.07, 6.45) is -4.39. The lowest BCUT2D eigenvalue weighted by Crippen LogP contribution is -2.39. The molecule has 0 heterocycles. The minimum absolute atomic E-state index is 0.235. The van der Waals surface area contributed by atoms with E-state index in [-0.39, 0.29) is 5.91 Å². The van der Waals surface area contributed by atoms with E-state index in [2.05, 4.69) is 10.6 Å². The van der Waals surface area contributed by atoms with Crippen molar-refractivity contribution in [1.29, 1.82) is 0 Å². The highest BCUT2D eigenvalue weighted by atomic mass is 19.4. The molecule has 0 saturated heterocycles. The Hall–Kier alpha value is -2.34. The van der Waals surface area contributed by atoms with E-state index >= 15 is 0 Å². The predicted molar refractivity (Wildman–Crippen MR) is 97.0 cm³/mol. The van der Waals surface area contributed by atoms with Gasteiger partial charge in [-0.3, -0.25) is 10.1 Å². The van der Waals surface area contributed by atoms with E-state index in [1.165, 1.54) is 6.07 Å². The largest absolute Gasteiger partial charge is 0.416 e. The second kappa shape index (κ2) is 7.91. The van der Waals surface area contributed by atoms with Gasteiger partial charge in [-0.25, -0.2) is 0 Å². The number of nitrogens with one attached hydrogen (secondary N) is 2. The number of carbonyl (C=O) groups excluding carboxylic acids is 1. The van der Waals surface area contributed by atoms with Crippen LogP contribution < -0.4 is 10.6 Å². The molecule has 0 fully saturated rings. The Morgan fingerprint density at radius 1 is 1.00 bits per heavy atom. The number of rotatable bonds is 5.